The van der Waals surface area contributed by atoms with Gasteiger partial charge in [-0.25, -0.2) is 9.37 Å². The molecule has 0 saturated heterocycles. The molecule has 0 radical (unpaired) electrons. The van der Waals surface area contributed by atoms with E-state index in [4.69, 9.17) is 10.5 Å². The first-order valence-corrected chi connectivity index (χ1v) is 6.87. The fraction of sp³-hybridized carbons (Fsp3) is 0.286. The predicted molar refractivity (Wildman–Crippen MR) is 81.0 cm³/mol. The van der Waals surface area contributed by atoms with Crippen LogP contribution in [0, 0.1) is 0 Å². The van der Waals surface area contributed by atoms with Crippen molar-refractivity contribution in [1.29, 1.82) is 0 Å². The number of nitrogens with zero attached hydrogens (tertiary/aromatic N) is 2. The molecule has 1 aromatic carbocycles. The molecule has 1 heterocycles. The number of aromatic nitrogens is 1. The molecule has 0 amide bonds. The van der Waals surface area contributed by atoms with Crippen LogP contribution in [0.25, 0.3) is 10.4 Å². The van der Waals surface area contributed by atoms with Gasteiger partial charge in [0.2, 0.25) is 0 Å². The number of nitrogen functional groups attached to an aromatic ring is 1. The van der Waals surface area contributed by atoms with Gasteiger partial charge in [0.15, 0.2) is 5.13 Å². The Morgan fingerprint density at radius 2 is 2.15 bits per heavy atom. The van der Waals surface area contributed by atoms with Crippen molar-refractivity contribution >= 4 is 23.2 Å². The Kier molecular flexibility index (Phi) is 4.81. The number of thiazole rings is 1. The van der Waals surface area contributed by atoms with Gasteiger partial charge in [-0.2, -0.15) is 0 Å². The average molecular weight is 293 g/mol. The maximum absolute atomic E-state index is 12.9. The summed E-state index contributed by atoms with van der Waals surface area (Å²) in [6.07, 6.45) is 1.30. The van der Waals surface area contributed by atoms with Crippen molar-refractivity contribution in [3.8, 4) is 10.4 Å². The highest BCUT2D eigenvalue weighted by atomic mass is 32.1. The Morgan fingerprint density at radius 3 is 2.60 bits per heavy atom. The molecule has 2 aromatic rings. The number of methoxy groups -OCH3 is 1. The standard InChI is InChI=1S/C14H16FN3OS/c1-17-11(7-15)13(19-2)10-5-3-9(4-6-10)12-8-18-14(16)20-12/h3-6,8,11,13H,1,7H2,2H3,(H2,16,18)/t11-,13-/m1/s1. The summed E-state index contributed by atoms with van der Waals surface area (Å²) < 4.78 is 18.2. The fourth-order valence-corrected chi connectivity index (χ4v) is 2.69. The summed E-state index contributed by atoms with van der Waals surface area (Å²) in [6.45, 7) is 2.80. The molecule has 0 saturated carbocycles. The van der Waals surface area contributed by atoms with Gasteiger partial charge < -0.3 is 10.5 Å². The number of anilines is 1. The summed E-state index contributed by atoms with van der Waals surface area (Å²) in [6, 6.07) is 7.07. The first kappa shape index (κ1) is 14.6. The summed E-state index contributed by atoms with van der Waals surface area (Å²) in [5, 5.41) is 0.534. The number of rotatable bonds is 6. The van der Waals surface area contributed by atoms with E-state index in [9.17, 15) is 4.39 Å². The molecule has 20 heavy (non-hydrogen) atoms. The molecular formula is C14H16FN3OS. The quantitative estimate of drug-likeness (QED) is 0.832. The largest absolute Gasteiger partial charge is 0.375 e. The highest BCUT2D eigenvalue weighted by Crippen LogP contribution is 2.30. The van der Waals surface area contributed by atoms with Gasteiger partial charge in [0, 0.05) is 13.3 Å². The zero-order chi connectivity index (χ0) is 14.5. The van der Waals surface area contributed by atoms with Gasteiger partial charge in [0.25, 0.3) is 0 Å². The lowest BCUT2D eigenvalue weighted by Crippen LogP contribution is -2.20. The Morgan fingerprint density at radius 1 is 1.45 bits per heavy atom. The number of ether oxygens (including phenoxy) is 1. The Labute approximate surface area is 121 Å². The molecule has 2 N–H and O–H groups in total. The van der Waals surface area contributed by atoms with Crippen molar-refractivity contribution in [3.63, 3.8) is 0 Å². The van der Waals surface area contributed by atoms with Crippen LogP contribution in [-0.4, -0.2) is 31.5 Å². The molecule has 0 fully saturated rings. The molecular weight excluding hydrogens is 277 g/mol. The van der Waals surface area contributed by atoms with Crippen molar-refractivity contribution in [3.05, 3.63) is 36.0 Å². The van der Waals surface area contributed by atoms with Crippen LogP contribution in [-0.2, 0) is 4.74 Å². The van der Waals surface area contributed by atoms with E-state index in [2.05, 4.69) is 16.7 Å². The topological polar surface area (TPSA) is 60.5 Å². The molecule has 0 aliphatic heterocycles. The molecule has 106 valence electrons. The number of aliphatic imine (C=N–C) groups is 1. The lowest BCUT2D eigenvalue weighted by atomic mass is 10.0. The van der Waals surface area contributed by atoms with E-state index < -0.39 is 18.8 Å². The number of alkyl halides is 1. The molecule has 6 heteroatoms. The first-order valence-electron chi connectivity index (χ1n) is 6.05. The summed E-state index contributed by atoms with van der Waals surface area (Å²) in [7, 11) is 1.54. The summed E-state index contributed by atoms with van der Waals surface area (Å²) in [5.74, 6) is 0. The number of hydrogen-bond donors (Lipinski definition) is 1. The minimum atomic E-state index is -0.602. The lowest BCUT2D eigenvalue weighted by molar-refractivity contribution is 0.0732. The third-order valence-electron chi connectivity index (χ3n) is 3.04. The van der Waals surface area contributed by atoms with E-state index in [1.807, 2.05) is 24.3 Å². The van der Waals surface area contributed by atoms with E-state index in [0.29, 0.717) is 5.13 Å². The summed E-state index contributed by atoms with van der Waals surface area (Å²) in [4.78, 5) is 8.78. The minimum absolute atomic E-state index is 0.432. The second kappa shape index (κ2) is 6.58. The van der Waals surface area contributed by atoms with E-state index >= 15 is 0 Å². The number of halogens is 1. The molecule has 2 rings (SSSR count). The average Bonchev–Trinajstić information content (AvgIpc) is 2.91. The maximum Gasteiger partial charge on any atom is 0.180 e. The zero-order valence-corrected chi connectivity index (χ0v) is 11.9. The Bertz CT molecular complexity index is 570. The maximum atomic E-state index is 12.9. The molecule has 2 atom stereocenters. The minimum Gasteiger partial charge on any atom is -0.375 e. The van der Waals surface area contributed by atoms with Crippen molar-refractivity contribution in [2.75, 3.05) is 19.5 Å². The first-order chi connectivity index (χ1) is 9.69. The van der Waals surface area contributed by atoms with Crippen LogP contribution in [0.1, 0.15) is 11.7 Å². The van der Waals surface area contributed by atoms with Crippen molar-refractivity contribution in [1.82, 2.24) is 4.98 Å². The monoisotopic (exact) mass is 293 g/mol. The Balaban J connectivity index is 2.24. The van der Waals surface area contributed by atoms with Crippen LogP contribution in [0.15, 0.2) is 35.5 Å². The van der Waals surface area contributed by atoms with Crippen LogP contribution in [0.3, 0.4) is 0 Å². The Hall–Kier alpha value is -1.79. The fourth-order valence-electron chi connectivity index (χ4n) is 2.00. The highest BCUT2D eigenvalue weighted by Gasteiger charge is 2.21. The van der Waals surface area contributed by atoms with Crippen LogP contribution in [0.4, 0.5) is 9.52 Å². The molecule has 0 bridgehead atoms. The third kappa shape index (κ3) is 3.02. The van der Waals surface area contributed by atoms with Crippen molar-refractivity contribution < 1.29 is 9.13 Å². The number of hydrogen-bond acceptors (Lipinski definition) is 5. The van der Waals surface area contributed by atoms with Crippen LogP contribution in [0.5, 0.6) is 0 Å². The second-order valence-electron chi connectivity index (χ2n) is 4.25. The van der Waals surface area contributed by atoms with Gasteiger partial charge in [-0.15, -0.1) is 0 Å². The van der Waals surface area contributed by atoms with Crippen LogP contribution in [0.2, 0.25) is 0 Å². The van der Waals surface area contributed by atoms with Gasteiger partial charge in [-0.05, 0) is 17.8 Å². The molecule has 0 aliphatic carbocycles. The van der Waals surface area contributed by atoms with Crippen molar-refractivity contribution in [2.45, 2.75) is 12.1 Å². The smallest absolute Gasteiger partial charge is 0.180 e. The van der Waals surface area contributed by atoms with E-state index in [1.54, 1.807) is 6.20 Å². The number of benzene rings is 1. The van der Waals surface area contributed by atoms with Crippen LogP contribution < -0.4 is 5.73 Å². The molecule has 0 spiro atoms. The third-order valence-corrected chi connectivity index (χ3v) is 3.92. The summed E-state index contributed by atoms with van der Waals surface area (Å²) in [5.41, 5.74) is 7.50. The lowest BCUT2D eigenvalue weighted by Gasteiger charge is -2.20. The molecule has 0 aliphatic rings. The molecule has 0 unspecified atom stereocenters. The van der Waals surface area contributed by atoms with Gasteiger partial charge in [-0.3, -0.25) is 4.99 Å². The SMILES string of the molecule is C=N[C@H](CF)[C@H](OC)c1ccc(-c2cnc(N)s2)cc1. The number of nitrogens with two attached hydrogens (primary N) is 1. The van der Waals surface area contributed by atoms with E-state index in [1.165, 1.54) is 18.4 Å². The van der Waals surface area contributed by atoms with Gasteiger partial charge >= 0.3 is 0 Å². The molecule has 4 nitrogen and oxygen atoms in total. The van der Waals surface area contributed by atoms with E-state index in [-0.39, 0.29) is 0 Å². The second-order valence-corrected chi connectivity index (χ2v) is 5.31. The van der Waals surface area contributed by atoms with Crippen molar-refractivity contribution in [2.24, 2.45) is 4.99 Å². The van der Waals surface area contributed by atoms with Gasteiger partial charge in [0.1, 0.15) is 18.8 Å². The van der Waals surface area contributed by atoms with Gasteiger partial charge in [0.05, 0.1) is 4.88 Å². The zero-order valence-electron chi connectivity index (χ0n) is 11.1. The van der Waals surface area contributed by atoms with Crippen LogP contribution >= 0.6 is 11.3 Å². The van der Waals surface area contributed by atoms with Gasteiger partial charge in [-0.1, -0.05) is 35.6 Å². The van der Waals surface area contributed by atoms with E-state index in [0.717, 1.165) is 16.0 Å². The highest BCUT2D eigenvalue weighted by molar-refractivity contribution is 7.18. The summed E-state index contributed by atoms with van der Waals surface area (Å²) >= 11 is 1.42. The normalized spacial score (nSPS) is 13.9. The molecule has 1 aromatic heterocycles. The predicted octanol–water partition coefficient (Wildman–Crippen LogP) is 3.12.